The summed E-state index contributed by atoms with van der Waals surface area (Å²) in [6, 6.07) is 14.8. The fourth-order valence-electron chi connectivity index (χ4n) is 2.33. The van der Waals surface area contributed by atoms with E-state index < -0.39 is 0 Å². The molecule has 0 N–H and O–H groups in total. The molecule has 0 saturated carbocycles. The van der Waals surface area contributed by atoms with Crippen molar-refractivity contribution in [1.82, 2.24) is 4.98 Å². The molecule has 3 aromatic rings. The van der Waals surface area contributed by atoms with E-state index in [0.29, 0.717) is 0 Å². The first-order chi connectivity index (χ1) is 10.1. The predicted molar refractivity (Wildman–Crippen MR) is 91.3 cm³/mol. The van der Waals surface area contributed by atoms with Crippen LogP contribution in [0.3, 0.4) is 0 Å². The standard InChI is InChI=1S/C16H11IN2O2/c1-10-13-8-7-12(19(20)21)9-14(13)15(17)16(18-10)11-5-3-2-4-6-11/h2-9H,1H3. The summed E-state index contributed by atoms with van der Waals surface area (Å²) in [5, 5.41) is 12.8. The van der Waals surface area contributed by atoms with Crippen molar-refractivity contribution in [2.45, 2.75) is 6.92 Å². The number of benzene rings is 2. The fourth-order valence-corrected chi connectivity index (χ4v) is 3.21. The lowest BCUT2D eigenvalue weighted by atomic mass is 10.0. The number of hydrogen-bond acceptors (Lipinski definition) is 3. The van der Waals surface area contributed by atoms with Crippen molar-refractivity contribution >= 4 is 39.1 Å². The van der Waals surface area contributed by atoms with E-state index in [-0.39, 0.29) is 10.6 Å². The Balaban J connectivity index is 2.33. The van der Waals surface area contributed by atoms with Gasteiger partial charge in [-0.1, -0.05) is 30.3 Å². The van der Waals surface area contributed by atoms with E-state index in [9.17, 15) is 10.1 Å². The molecule has 0 fully saturated rings. The number of aromatic nitrogens is 1. The number of halogens is 1. The van der Waals surface area contributed by atoms with Crippen LogP contribution in [0.25, 0.3) is 22.0 Å². The molecule has 0 aliphatic carbocycles. The summed E-state index contributed by atoms with van der Waals surface area (Å²) >= 11 is 2.21. The molecule has 0 atom stereocenters. The van der Waals surface area contributed by atoms with Crippen LogP contribution in [0.15, 0.2) is 48.5 Å². The molecule has 0 radical (unpaired) electrons. The molecule has 21 heavy (non-hydrogen) atoms. The lowest BCUT2D eigenvalue weighted by Crippen LogP contribution is -1.96. The van der Waals surface area contributed by atoms with Gasteiger partial charge in [0.25, 0.3) is 5.69 Å². The molecule has 1 heterocycles. The average Bonchev–Trinajstić information content (AvgIpc) is 2.51. The molecule has 2 aromatic carbocycles. The van der Waals surface area contributed by atoms with Crippen molar-refractivity contribution in [3.05, 3.63) is 67.9 Å². The number of pyridine rings is 1. The molecule has 104 valence electrons. The van der Waals surface area contributed by atoms with Crippen LogP contribution in [0.5, 0.6) is 0 Å². The Kier molecular flexibility index (Phi) is 3.59. The van der Waals surface area contributed by atoms with Gasteiger partial charge < -0.3 is 0 Å². The van der Waals surface area contributed by atoms with Gasteiger partial charge in [0.2, 0.25) is 0 Å². The van der Waals surface area contributed by atoms with E-state index in [4.69, 9.17) is 0 Å². The van der Waals surface area contributed by atoms with Gasteiger partial charge in [-0.25, -0.2) is 0 Å². The predicted octanol–water partition coefficient (Wildman–Crippen LogP) is 4.72. The molecule has 5 heteroatoms. The van der Waals surface area contributed by atoms with Gasteiger partial charge in [-0.3, -0.25) is 15.1 Å². The molecular formula is C16H11IN2O2. The third kappa shape index (κ3) is 2.49. The zero-order valence-electron chi connectivity index (χ0n) is 11.2. The molecular weight excluding hydrogens is 379 g/mol. The number of fused-ring (bicyclic) bond motifs is 1. The summed E-state index contributed by atoms with van der Waals surface area (Å²) in [6.45, 7) is 1.93. The molecule has 0 unspecified atom stereocenters. The molecule has 3 rings (SSSR count). The van der Waals surface area contributed by atoms with E-state index in [1.54, 1.807) is 12.1 Å². The zero-order valence-corrected chi connectivity index (χ0v) is 13.4. The Morgan fingerprint density at radius 2 is 1.81 bits per heavy atom. The quantitative estimate of drug-likeness (QED) is 0.361. The van der Waals surface area contributed by atoms with Gasteiger partial charge >= 0.3 is 0 Å². The molecule has 0 saturated heterocycles. The van der Waals surface area contributed by atoms with Crippen molar-refractivity contribution in [3.8, 4) is 11.3 Å². The SMILES string of the molecule is Cc1nc(-c2ccccc2)c(I)c2cc([N+](=O)[O-])ccc12. The van der Waals surface area contributed by atoms with Crippen LogP contribution in [0.4, 0.5) is 5.69 Å². The summed E-state index contributed by atoms with van der Waals surface area (Å²) in [7, 11) is 0. The summed E-state index contributed by atoms with van der Waals surface area (Å²) in [5.41, 5.74) is 2.85. The normalized spacial score (nSPS) is 10.8. The van der Waals surface area contributed by atoms with Crippen LogP contribution in [-0.2, 0) is 0 Å². The van der Waals surface area contributed by atoms with Crippen molar-refractivity contribution < 1.29 is 4.92 Å². The first-order valence-electron chi connectivity index (χ1n) is 6.37. The Labute approximate surface area is 135 Å². The van der Waals surface area contributed by atoms with Crippen LogP contribution in [0, 0.1) is 20.6 Å². The molecule has 1 aromatic heterocycles. The average molecular weight is 390 g/mol. The lowest BCUT2D eigenvalue weighted by Gasteiger charge is -2.10. The Hall–Kier alpha value is -2.02. The summed E-state index contributed by atoms with van der Waals surface area (Å²) < 4.78 is 0.933. The first kappa shape index (κ1) is 13.9. The minimum atomic E-state index is -0.368. The monoisotopic (exact) mass is 390 g/mol. The van der Waals surface area contributed by atoms with E-state index in [1.165, 1.54) is 6.07 Å². The van der Waals surface area contributed by atoms with Gasteiger partial charge in [0, 0.05) is 37.7 Å². The van der Waals surface area contributed by atoms with E-state index >= 15 is 0 Å². The van der Waals surface area contributed by atoms with Crippen LogP contribution in [0.1, 0.15) is 5.69 Å². The van der Waals surface area contributed by atoms with E-state index in [0.717, 1.165) is 31.3 Å². The highest BCUT2D eigenvalue weighted by Gasteiger charge is 2.14. The maximum absolute atomic E-state index is 11.0. The third-order valence-corrected chi connectivity index (χ3v) is 4.47. The minimum absolute atomic E-state index is 0.102. The fraction of sp³-hybridized carbons (Fsp3) is 0.0625. The van der Waals surface area contributed by atoms with Crippen molar-refractivity contribution in [2.75, 3.05) is 0 Å². The topological polar surface area (TPSA) is 56.0 Å². The molecule has 0 aliphatic rings. The summed E-state index contributed by atoms with van der Waals surface area (Å²) in [6.07, 6.45) is 0. The number of nitro groups is 1. The van der Waals surface area contributed by atoms with Crippen molar-refractivity contribution in [3.63, 3.8) is 0 Å². The van der Waals surface area contributed by atoms with Gasteiger partial charge in [0.15, 0.2) is 0 Å². The Morgan fingerprint density at radius 3 is 2.48 bits per heavy atom. The summed E-state index contributed by atoms with van der Waals surface area (Å²) in [4.78, 5) is 15.3. The number of aryl methyl sites for hydroxylation is 1. The molecule has 0 aliphatic heterocycles. The maximum Gasteiger partial charge on any atom is 0.270 e. The largest absolute Gasteiger partial charge is 0.270 e. The van der Waals surface area contributed by atoms with Gasteiger partial charge in [-0.2, -0.15) is 0 Å². The summed E-state index contributed by atoms with van der Waals surface area (Å²) in [5.74, 6) is 0. The van der Waals surface area contributed by atoms with Crippen molar-refractivity contribution in [1.29, 1.82) is 0 Å². The highest BCUT2D eigenvalue weighted by molar-refractivity contribution is 14.1. The van der Waals surface area contributed by atoms with Gasteiger partial charge in [-0.05, 0) is 35.6 Å². The van der Waals surface area contributed by atoms with E-state index in [1.807, 2.05) is 37.3 Å². The third-order valence-electron chi connectivity index (χ3n) is 3.37. The molecule has 0 bridgehead atoms. The molecule has 0 amide bonds. The van der Waals surface area contributed by atoms with Crippen LogP contribution >= 0.6 is 22.6 Å². The zero-order chi connectivity index (χ0) is 15.0. The van der Waals surface area contributed by atoms with Gasteiger partial charge in [-0.15, -0.1) is 0 Å². The minimum Gasteiger partial charge on any atom is -0.258 e. The highest BCUT2D eigenvalue weighted by Crippen LogP contribution is 2.33. The van der Waals surface area contributed by atoms with Crippen LogP contribution in [-0.4, -0.2) is 9.91 Å². The second kappa shape index (κ2) is 5.40. The number of nitrogens with zero attached hydrogens (tertiary/aromatic N) is 2. The Bertz CT molecular complexity index is 848. The first-order valence-corrected chi connectivity index (χ1v) is 7.45. The highest BCUT2D eigenvalue weighted by atomic mass is 127. The Morgan fingerprint density at radius 1 is 1.10 bits per heavy atom. The molecule has 4 nitrogen and oxygen atoms in total. The van der Waals surface area contributed by atoms with Crippen LogP contribution < -0.4 is 0 Å². The van der Waals surface area contributed by atoms with Crippen LogP contribution in [0.2, 0.25) is 0 Å². The number of non-ortho nitro benzene ring substituents is 1. The lowest BCUT2D eigenvalue weighted by molar-refractivity contribution is -0.384. The second-order valence-corrected chi connectivity index (χ2v) is 5.79. The second-order valence-electron chi connectivity index (χ2n) is 4.71. The smallest absolute Gasteiger partial charge is 0.258 e. The maximum atomic E-state index is 11.0. The van der Waals surface area contributed by atoms with Gasteiger partial charge in [0.05, 0.1) is 10.6 Å². The van der Waals surface area contributed by atoms with Crippen molar-refractivity contribution in [2.24, 2.45) is 0 Å². The van der Waals surface area contributed by atoms with Gasteiger partial charge in [0.1, 0.15) is 0 Å². The number of nitro benzene ring substituents is 1. The van der Waals surface area contributed by atoms with E-state index in [2.05, 4.69) is 27.6 Å². The number of hydrogen-bond donors (Lipinski definition) is 0. The molecule has 0 spiro atoms. The number of rotatable bonds is 2.